The van der Waals surface area contributed by atoms with E-state index in [0.717, 1.165) is 18.5 Å². The van der Waals surface area contributed by atoms with Crippen molar-refractivity contribution in [3.63, 3.8) is 0 Å². The highest BCUT2D eigenvalue weighted by molar-refractivity contribution is 5.35. The molecule has 3 nitrogen and oxygen atoms in total. The number of aliphatic hydroxyl groups is 1. The van der Waals surface area contributed by atoms with Gasteiger partial charge in [-0.1, -0.05) is 24.3 Å². The molecule has 0 saturated carbocycles. The average Bonchev–Trinajstić information content (AvgIpc) is 2.92. The zero-order chi connectivity index (χ0) is 13.5. The summed E-state index contributed by atoms with van der Waals surface area (Å²) in [5, 5.41) is 15.3. The molecular formula is C16H20N2O. The van der Waals surface area contributed by atoms with Crippen molar-refractivity contribution >= 4 is 0 Å². The molecule has 0 radical (unpaired) electrons. The molecule has 1 aromatic carbocycles. The van der Waals surface area contributed by atoms with Crippen LogP contribution in [0.25, 0.3) is 0 Å². The van der Waals surface area contributed by atoms with Gasteiger partial charge in [0.1, 0.15) is 0 Å². The first-order valence-electron chi connectivity index (χ1n) is 6.89. The van der Waals surface area contributed by atoms with Crippen molar-refractivity contribution in [1.82, 2.24) is 9.78 Å². The zero-order valence-corrected chi connectivity index (χ0v) is 11.5. The minimum absolute atomic E-state index is 0.365. The Labute approximate surface area is 113 Å². The van der Waals surface area contributed by atoms with Crippen molar-refractivity contribution in [3.8, 4) is 0 Å². The molecule has 1 aromatic heterocycles. The molecule has 0 amide bonds. The van der Waals surface area contributed by atoms with Crippen LogP contribution >= 0.6 is 0 Å². The highest BCUT2D eigenvalue weighted by Gasteiger charge is 2.35. The normalized spacial score (nSPS) is 16.8. The minimum atomic E-state index is -0.667. The lowest BCUT2D eigenvalue weighted by Gasteiger charge is -2.20. The summed E-state index contributed by atoms with van der Waals surface area (Å²) in [7, 11) is 0. The smallest absolute Gasteiger partial charge is 0.0784 e. The summed E-state index contributed by atoms with van der Waals surface area (Å²) in [6.45, 7) is 4.22. The molecule has 3 rings (SSSR count). The molecule has 1 heterocycles. The van der Waals surface area contributed by atoms with Crippen LogP contribution in [0.4, 0.5) is 0 Å². The summed E-state index contributed by atoms with van der Waals surface area (Å²) in [4.78, 5) is 0. The minimum Gasteiger partial charge on any atom is -0.389 e. The maximum absolute atomic E-state index is 10.8. The van der Waals surface area contributed by atoms with E-state index in [9.17, 15) is 5.11 Å². The summed E-state index contributed by atoms with van der Waals surface area (Å²) in [5.74, 6) is 0. The summed E-state index contributed by atoms with van der Waals surface area (Å²) in [6, 6.07) is 10.7. The van der Waals surface area contributed by atoms with Gasteiger partial charge < -0.3 is 5.11 Å². The van der Waals surface area contributed by atoms with E-state index in [1.54, 1.807) is 0 Å². The Morgan fingerprint density at radius 1 is 1.21 bits per heavy atom. The molecule has 2 aromatic rings. The van der Waals surface area contributed by atoms with Crippen LogP contribution in [0.15, 0.2) is 36.5 Å². The number of aromatic nitrogens is 2. The SMILES string of the molecule is CC(C)n1ccc(CC2(O)Cc3ccccc3C2)n1. The first-order valence-corrected chi connectivity index (χ1v) is 6.89. The molecule has 0 fully saturated rings. The first-order chi connectivity index (χ1) is 9.06. The van der Waals surface area contributed by atoms with E-state index < -0.39 is 5.60 Å². The third-order valence-electron chi connectivity index (χ3n) is 3.86. The maximum Gasteiger partial charge on any atom is 0.0784 e. The number of hydrogen-bond donors (Lipinski definition) is 1. The average molecular weight is 256 g/mol. The summed E-state index contributed by atoms with van der Waals surface area (Å²) in [6.07, 6.45) is 4.09. The largest absolute Gasteiger partial charge is 0.389 e. The Morgan fingerprint density at radius 2 is 1.84 bits per heavy atom. The lowest BCUT2D eigenvalue weighted by atomic mass is 9.94. The molecule has 0 spiro atoms. The molecular weight excluding hydrogens is 236 g/mol. The van der Waals surface area contributed by atoms with E-state index in [4.69, 9.17) is 0 Å². The van der Waals surface area contributed by atoms with E-state index in [-0.39, 0.29) is 0 Å². The second kappa shape index (κ2) is 4.49. The molecule has 1 N–H and O–H groups in total. The standard InChI is InChI=1S/C16H20N2O/c1-12(2)18-8-7-15(17-18)11-16(19)9-13-5-3-4-6-14(13)10-16/h3-8,12,19H,9-11H2,1-2H3. The lowest BCUT2D eigenvalue weighted by molar-refractivity contribution is 0.0506. The fourth-order valence-corrected chi connectivity index (χ4v) is 2.90. The number of fused-ring (bicyclic) bond motifs is 1. The zero-order valence-electron chi connectivity index (χ0n) is 11.5. The van der Waals surface area contributed by atoms with Gasteiger partial charge in [0.15, 0.2) is 0 Å². The molecule has 19 heavy (non-hydrogen) atoms. The van der Waals surface area contributed by atoms with Crippen LogP contribution in [-0.2, 0) is 19.3 Å². The van der Waals surface area contributed by atoms with Crippen LogP contribution in [0.1, 0.15) is 36.7 Å². The molecule has 0 bridgehead atoms. The molecule has 1 aliphatic rings. The van der Waals surface area contributed by atoms with Crippen molar-refractivity contribution in [1.29, 1.82) is 0 Å². The Bertz CT molecular complexity index is 561. The quantitative estimate of drug-likeness (QED) is 0.916. The van der Waals surface area contributed by atoms with E-state index in [0.29, 0.717) is 12.5 Å². The van der Waals surface area contributed by atoms with Gasteiger partial charge in [0.25, 0.3) is 0 Å². The molecule has 3 heteroatoms. The van der Waals surface area contributed by atoms with Crippen molar-refractivity contribution in [3.05, 3.63) is 53.3 Å². The molecule has 0 saturated heterocycles. The predicted octanol–water partition coefficient (Wildman–Crippen LogP) is 2.54. The highest BCUT2D eigenvalue weighted by atomic mass is 16.3. The number of rotatable bonds is 3. The second-order valence-electron chi connectivity index (χ2n) is 5.90. The number of benzene rings is 1. The van der Waals surface area contributed by atoms with Gasteiger partial charge in [-0.2, -0.15) is 5.10 Å². The van der Waals surface area contributed by atoms with Gasteiger partial charge in [0.2, 0.25) is 0 Å². The predicted molar refractivity (Wildman–Crippen MR) is 75.1 cm³/mol. The van der Waals surface area contributed by atoms with Crippen molar-refractivity contribution in [2.75, 3.05) is 0 Å². The van der Waals surface area contributed by atoms with Crippen LogP contribution < -0.4 is 0 Å². The molecule has 0 aliphatic heterocycles. The molecule has 0 atom stereocenters. The third kappa shape index (κ3) is 2.43. The summed E-state index contributed by atoms with van der Waals surface area (Å²) in [5.41, 5.74) is 2.85. The maximum atomic E-state index is 10.8. The van der Waals surface area contributed by atoms with Crippen molar-refractivity contribution in [2.24, 2.45) is 0 Å². The van der Waals surface area contributed by atoms with E-state index >= 15 is 0 Å². The van der Waals surface area contributed by atoms with Gasteiger partial charge in [-0.25, -0.2) is 0 Å². The van der Waals surface area contributed by atoms with Gasteiger partial charge >= 0.3 is 0 Å². The Morgan fingerprint density at radius 3 is 2.37 bits per heavy atom. The Hall–Kier alpha value is -1.61. The van der Waals surface area contributed by atoms with Gasteiger partial charge in [0, 0.05) is 31.5 Å². The molecule has 100 valence electrons. The van der Waals surface area contributed by atoms with Crippen LogP contribution in [-0.4, -0.2) is 20.5 Å². The Balaban J connectivity index is 1.77. The topological polar surface area (TPSA) is 38.0 Å². The molecule has 1 aliphatic carbocycles. The van der Waals surface area contributed by atoms with Gasteiger partial charge in [-0.15, -0.1) is 0 Å². The molecule has 0 unspecified atom stereocenters. The van der Waals surface area contributed by atoms with Crippen LogP contribution in [0, 0.1) is 0 Å². The van der Waals surface area contributed by atoms with E-state index in [1.807, 2.05) is 29.1 Å². The fraction of sp³-hybridized carbons (Fsp3) is 0.438. The summed E-state index contributed by atoms with van der Waals surface area (Å²) >= 11 is 0. The summed E-state index contributed by atoms with van der Waals surface area (Å²) < 4.78 is 1.95. The van der Waals surface area contributed by atoms with Gasteiger partial charge in [-0.3, -0.25) is 4.68 Å². The van der Waals surface area contributed by atoms with Gasteiger partial charge in [-0.05, 0) is 31.0 Å². The van der Waals surface area contributed by atoms with Crippen LogP contribution in [0.3, 0.4) is 0 Å². The number of hydrogen-bond acceptors (Lipinski definition) is 2. The van der Waals surface area contributed by atoms with Crippen LogP contribution in [0.5, 0.6) is 0 Å². The Kier molecular flexibility index (Phi) is 2.94. The van der Waals surface area contributed by atoms with Crippen molar-refractivity contribution in [2.45, 2.75) is 44.8 Å². The lowest BCUT2D eigenvalue weighted by Crippen LogP contribution is -2.32. The second-order valence-corrected chi connectivity index (χ2v) is 5.90. The van der Waals surface area contributed by atoms with Crippen molar-refractivity contribution < 1.29 is 5.11 Å². The monoisotopic (exact) mass is 256 g/mol. The highest BCUT2D eigenvalue weighted by Crippen LogP contribution is 2.32. The van der Waals surface area contributed by atoms with E-state index in [2.05, 4.69) is 31.1 Å². The van der Waals surface area contributed by atoms with Crippen LogP contribution in [0.2, 0.25) is 0 Å². The first kappa shape index (κ1) is 12.4. The fourth-order valence-electron chi connectivity index (χ4n) is 2.90. The van der Waals surface area contributed by atoms with E-state index in [1.165, 1.54) is 11.1 Å². The number of nitrogens with zero attached hydrogens (tertiary/aromatic N) is 2. The van der Waals surface area contributed by atoms with Gasteiger partial charge in [0.05, 0.1) is 11.3 Å². The third-order valence-corrected chi connectivity index (χ3v) is 3.86.